The average Bonchev–Trinajstić information content (AvgIpc) is 2.39. The predicted molar refractivity (Wildman–Crippen MR) is 68.5 cm³/mol. The molecular weight excluding hydrogens is 230 g/mol. The van der Waals surface area contributed by atoms with Crippen molar-refractivity contribution >= 4 is 5.69 Å². The van der Waals surface area contributed by atoms with Gasteiger partial charge >= 0.3 is 0 Å². The molecule has 0 radical (unpaired) electrons. The Morgan fingerprint density at radius 3 is 2.67 bits per heavy atom. The fraction of sp³-hybridized carbons (Fsp3) is 0.231. The second-order valence-corrected chi connectivity index (χ2v) is 3.85. The van der Waals surface area contributed by atoms with Crippen molar-refractivity contribution in [3.05, 3.63) is 42.0 Å². The molecular formula is C13H15N3O2. The molecule has 0 fully saturated rings. The number of hydrogen-bond donors (Lipinski definition) is 1. The Morgan fingerprint density at radius 1 is 1.17 bits per heavy atom. The summed E-state index contributed by atoms with van der Waals surface area (Å²) in [4.78, 5) is 8.37. The number of nitrogen functional groups attached to an aromatic ring is 1. The van der Waals surface area contributed by atoms with E-state index in [-0.39, 0.29) is 0 Å². The summed E-state index contributed by atoms with van der Waals surface area (Å²) in [5, 5.41) is 0. The van der Waals surface area contributed by atoms with Gasteiger partial charge in [-0.25, -0.2) is 0 Å². The smallest absolute Gasteiger partial charge is 0.162 e. The fourth-order valence-electron chi connectivity index (χ4n) is 1.45. The van der Waals surface area contributed by atoms with Gasteiger partial charge < -0.3 is 15.2 Å². The minimum absolute atomic E-state index is 0.341. The number of aromatic nitrogens is 2. The van der Waals surface area contributed by atoms with Gasteiger partial charge in [-0.1, -0.05) is 0 Å². The molecule has 0 atom stereocenters. The highest BCUT2D eigenvalue weighted by Crippen LogP contribution is 2.29. The topological polar surface area (TPSA) is 70.3 Å². The normalized spacial score (nSPS) is 10.1. The van der Waals surface area contributed by atoms with E-state index in [1.165, 1.54) is 0 Å². The Balaban J connectivity index is 2.08. The first-order chi connectivity index (χ1) is 8.69. The molecule has 2 N–H and O–H groups in total. The van der Waals surface area contributed by atoms with Crippen molar-refractivity contribution in [2.24, 2.45) is 0 Å². The summed E-state index contributed by atoms with van der Waals surface area (Å²) in [6, 6.07) is 5.25. The first kappa shape index (κ1) is 12.2. The molecule has 0 aliphatic carbocycles. The van der Waals surface area contributed by atoms with Crippen molar-refractivity contribution in [3.8, 4) is 11.5 Å². The monoisotopic (exact) mass is 245 g/mol. The van der Waals surface area contributed by atoms with Crippen LogP contribution in [-0.4, -0.2) is 17.1 Å². The van der Waals surface area contributed by atoms with E-state index in [4.69, 9.17) is 15.2 Å². The van der Waals surface area contributed by atoms with Gasteiger partial charge in [0.1, 0.15) is 6.61 Å². The van der Waals surface area contributed by atoms with Gasteiger partial charge in [0, 0.05) is 18.0 Å². The number of ether oxygens (including phenoxy) is 2. The van der Waals surface area contributed by atoms with Gasteiger partial charge in [0.05, 0.1) is 24.7 Å². The third-order valence-corrected chi connectivity index (χ3v) is 2.40. The maximum Gasteiger partial charge on any atom is 0.162 e. The number of aryl methyl sites for hydroxylation is 1. The average molecular weight is 245 g/mol. The number of hydrogen-bond acceptors (Lipinski definition) is 5. The van der Waals surface area contributed by atoms with Crippen LogP contribution in [0, 0.1) is 6.92 Å². The number of rotatable bonds is 4. The highest BCUT2D eigenvalue weighted by Gasteiger charge is 2.05. The van der Waals surface area contributed by atoms with Crippen LogP contribution in [0.25, 0.3) is 0 Å². The molecule has 0 amide bonds. The fourth-order valence-corrected chi connectivity index (χ4v) is 1.45. The molecule has 0 unspecified atom stereocenters. The van der Waals surface area contributed by atoms with Crippen LogP contribution in [0.5, 0.6) is 11.5 Å². The molecule has 0 saturated heterocycles. The zero-order valence-corrected chi connectivity index (χ0v) is 10.4. The molecule has 0 bridgehead atoms. The molecule has 0 saturated carbocycles. The third-order valence-electron chi connectivity index (χ3n) is 2.40. The number of nitrogens with two attached hydrogens (primary N) is 1. The molecule has 0 spiro atoms. The van der Waals surface area contributed by atoms with E-state index in [1.807, 2.05) is 6.92 Å². The van der Waals surface area contributed by atoms with Crippen LogP contribution in [0.4, 0.5) is 5.69 Å². The number of nitrogens with zero attached hydrogens (tertiary/aromatic N) is 2. The van der Waals surface area contributed by atoms with E-state index >= 15 is 0 Å². The minimum atomic E-state index is 0.341. The van der Waals surface area contributed by atoms with Crippen LogP contribution in [0.15, 0.2) is 30.6 Å². The second kappa shape index (κ2) is 5.35. The van der Waals surface area contributed by atoms with E-state index in [2.05, 4.69) is 9.97 Å². The van der Waals surface area contributed by atoms with Gasteiger partial charge in [0.25, 0.3) is 0 Å². The standard InChI is InChI=1S/C13H15N3O2/c1-9-6-16-11(7-15-9)8-18-12-4-3-10(14)5-13(12)17-2/h3-7H,8,14H2,1-2H3. The van der Waals surface area contributed by atoms with Crippen molar-refractivity contribution < 1.29 is 9.47 Å². The third kappa shape index (κ3) is 2.88. The van der Waals surface area contributed by atoms with Crippen molar-refractivity contribution in [1.82, 2.24) is 9.97 Å². The van der Waals surface area contributed by atoms with Crippen molar-refractivity contribution in [1.29, 1.82) is 0 Å². The van der Waals surface area contributed by atoms with E-state index in [0.717, 1.165) is 11.4 Å². The molecule has 5 heteroatoms. The van der Waals surface area contributed by atoms with Crippen LogP contribution in [0.1, 0.15) is 11.4 Å². The quantitative estimate of drug-likeness (QED) is 0.834. The summed E-state index contributed by atoms with van der Waals surface area (Å²) in [7, 11) is 1.58. The molecule has 18 heavy (non-hydrogen) atoms. The van der Waals surface area contributed by atoms with Gasteiger partial charge in [0.15, 0.2) is 11.5 Å². The molecule has 1 heterocycles. The maximum absolute atomic E-state index is 5.67. The molecule has 94 valence electrons. The van der Waals surface area contributed by atoms with Gasteiger partial charge in [-0.15, -0.1) is 0 Å². The lowest BCUT2D eigenvalue weighted by Crippen LogP contribution is -2.01. The largest absolute Gasteiger partial charge is 0.493 e. The highest BCUT2D eigenvalue weighted by atomic mass is 16.5. The number of methoxy groups -OCH3 is 1. The molecule has 0 aliphatic rings. The van der Waals surface area contributed by atoms with Crippen LogP contribution in [-0.2, 0) is 6.61 Å². The van der Waals surface area contributed by atoms with E-state index in [9.17, 15) is 0 Å². The Hall–Kier alpha value is -2.30. The van der Waals surface area contributed by atoms with Crippen LogP contribution < -0.4 is 15.2 Å². The molecule has 5 nitrogen and oxygen atoms in total. The van der Waals surface area contributed by atoms with Gasteiger partial charge in [-0.2, -0.15) is 0 Å². The summed E-state index contributed by atoms with van der Waals surface area (Å²) in [5.41, 5.74) is 7.94. The Labute approximate surface area is 106 Å². The summed E-state index contributed by atoms with van der Waals surface area (Å²) in [6.45, 7) is 2.23. The van der Waals surface area contributed by atoms with E-state index in [1.54, 1.807) is 37.7 Å². The molecule has 2 aromatic rings. The Bertz CT molecular complexity index is 526. The lowest BCUT2D eigenvalue weighted by atomic mass is 10.3. The molecule has 1 aromatic carbocycles. The minimum Gasteiger partial charge on any atom is -0.493 e. The zero-order chi connectivity index (χ0) is 13.0. The van der Waals surface area contributed by atoms with Crippen molar-refractivity contribution in [2.75, 3.05) is 12.8 Å². The molecule has 2 rings (SSSR count). The van der Waals surface area contributed by atoms with Crippen molar-refractivity contribution in [3.63, 3.8) is 0 Å². The first-order valence-corrected chi connectivity index (χ1v) is 5.53. The van der Waals surface area contributed by atoms with E-state index < -0.39 is 0 Å². The lowest BCUT2D eigenvalue weighted by Gasteiger charge is -2.10. The van der Waals surface area contributed by atoms with Crippen LogP contribution in [0.2, 0.25) is 0 Å². The van der Waals surface area contributed by atoms with E-state index in [0.29, 0.717) is 23.8 Å². The van der Waals surface area contributed by atoms with Crippen LogP contribution >= 0.6 is 0 Å². The number of anilines is 1. The summed E-state index contributed by atoms with van der Waals surface area (Å²) in [5.74, 6) is 1.24. The molecule has 1 aromatic heterocycles. The van der Waals surface area contributed by atoms with Gasteiger partial charge in [-0.05, 0) is 19.1 Å². The second-order valence-electron chi connectivity index (χ2n) is 3.85. The zero-order valence-electron chi connectivity index (χ0n) is 10.4. The van der Waals surface area contributed by atoms with Gasteiger partial charge in [0.2, 0.25) is 0 Å². The Morgan fingerprint density at radius 2 is 2.00 bits per heavy atom. The predicted octanol–water partition coefficient (Wildman–Crippen LogP) is 1.95. The lowest BCUT2D eigenvalue weighted by molar-refractivity contribution is 0.280. The SMILES string of the molecule is COc1cc(N)ccc1OCc1cnc(C)cn1. The van der Waals surface area contributed by atoms with Gasteiger partial charge in [-0.3, -0.25) is 9.97 Å². The maximum atomic E-state index is 5.67. The Kier molecular flexibility index (Phi) is 3.62. The summed E-state index contributed by atoms with van der Waals surface area (Å²) in [6.07, 6.45) is 3.40. The highest BCUT2D eigenvalue weighted by molar-refractivity contribution is 5.51. The summed E-state index contributed by atoms with van der Waals surface area (Å²) < 4.78 is 10.8. The number of benzene rings is 1. The molecule has 0 aliphatic heterocycles. The summed E-state index contributed by atoms with van der Waals surface area (Å²) >= 11 is 0. The van der Waals surface area contributed by atoms with Crippen molar-refractivity contribution in [2.45, 2.75) is 13.5 Å². The van der Waals surface area contributed by atoms with Crippen LogP contribution in [0.3, 0.4) is 0 Å². The first-order valence-electron chi connectivity index (χ1n) is 5.53.